The van der Waals surface area contributed by atoms with Crippen molar-refractivity contribution >= 4 is 5.91 Å². The fourth-order valence-electron chi connectivity index (χ4n) is 3.29. The van der Waals surface area contributed by atoms with Crippen LogP contribution in [0.3, 0.4) is 0 Å². The molecule has 2 N–H and O–H groups in total. The Kier molecular flexibility index (Phi) is 4.71. The zero-order chi connectivity index (χ0) is 15.5. The molecule has 0 radical (unpaired) electrons. The predicted molar refractivity (Wildman–Crippen MR) is 81.6 cm³/mol. The van der Waals surface area contributed by atoms with Crippen molar-refractivity contribution in [2.75, 3.05) is 26.3 Å². The third-order valence-electron chi connectivity index (χ3n) is 4.40. The second kappa shape index (κ2) is 6.73. The van der Waals surface area contributed by atoms with Gasteiger partial charge in [0.2, 0.25) is 0 Å². The molecule has 2 aliphatic rings. The SMILES string of the molecule is Cc1cccc(C(=O)N[C@@H]2C[C@H]3CO[C@@H](CCO)CN3C2)n1. The van der Waals surface area contributed by atoms with Gasteiger partial charge in [0.05, 0.1) is 12.7 Å². The molecule has 3 rings (SSSR count). The molecule has 3 heterocycles. The van der Waals surface area contributed by atoms with Crippen molar-refractivity contribution in [1.29, 1.82) is 0 Å². The quantitative estimate of drug-likeness (QED) is 0.839. The number of carbonyl (C=O) groups is 1. The summed E-state index contributed by atoms with van der Waals surface area (Å²) in [5.41, 5.74) is 1.32. The first-order chi connectivity index (χ1) is 10.7. The normalized spacial score (nSPS) is 28.4. The molecule has 6 nitrogen and oxygen atoms in total. The van der Waals surface area contributed by atoms with Gasteiger partial charge in [0, 0.05) is 37.5 Å². The first kappa shape index (κ1) is 15.4. The lowest BCUT2D eigenvalue weighted by molar-refractivity contribution is -0.0566. The molecule has 3 atom stereocenters. The summed E-state index contributed by atoms with van der Waals surface area (Å²) in [4.78, 5) is 18.9. The molecular formula is C16H23N3O3. The second-order valence-corrected chi connectivity index (χ2v) is 6.15. The molecule has 0 saturated carbocycles. The Labute approximate surface area is 130 Å². The van der Waals surface area contributed by atoms with Crippen LogP contribution in [0.2, 0.25) is 0 Å². The van der Waals surface area contributed by atoms with Crippen LogP contribution in [-0.2, 0) is 4.74 Å². The summed E-state index contributed by atoms with van der Waals surface area (Å²) in [5.74, 6) is -0.110. The van der Waals surface area contributed by atoms with Gasteiger partial charge in [-0.2, -0.15) is 0 Å². The third-order valence-corrected chi connectivity index (χ3v) is 4.40. The van der Waals surface area contributed by atoms with E-state index in [4.69, 9.17) is 9.84 Å². The lowest BCUT2D eigenvalue weighted by atomic mass is 10.1. The van der Waals surface area contributed by atoms with E-state index in [1.807, 2.05) is 19.1 Å². The Morgan fingerprint density at radius 2 is 2.36 bits per heavy atom. The first-order valence-corrected chi connectivity index (χ1v) is 7.86. The van der Waals surface area contributed by atoms with Crippen LogP contribution in [0.25, 0.3) is 0 Å². The summed E-state index contributed by atoms with van der Waals surface area (Å²) in [6, 6.07) is 5.97. The summed E-state index contributed by atoms with van der Waals surface area (Å²) in [6.45, 7) is 4.39. The van der Waals surface area contributed by atoms with Crippen molar-refractivity contribution in [2.45, 2.75) is 38.0 Å². The summed E-state index contributed by atoms with van der Waals surface area (Å²) >= 11 is 0. The van der Waals surface area contributed by atoms with Gasteiger partial charge in [-0.3, -0.25) is 9.69 Å². The highest BCUT2D eigenvalue weighted by molar-refractivity contribution is 5.92. The zero-order valence-corrected chi connectivity index (χ0v) is 12.9. The average Bonchev–Trinajstić information content (AvgIpc) is 2.89. The van der Waals surface area contributed by atoms with E-state index in [0.29, 0.717) is 24.8 Å². The lowest BCUT2D eigenvalue weighted by Gasteiger charge is -2.34. The van der Waals surface area contributed by atoms with Crippen LogP contribution in [-0.4, -0.2) is 65.4 Å². The number of hydrogen-bond donors (Lipinski definition) is 2. The molecule has 0 spiro atoms. The van der Waals surface area contributed by atoms with Crippen molar-refractivity contribution in [3.8, 4) is 0 Å². The minimum atomic E-state index is -0.110. The van der Waals surface area contributed by atoms with E-state index in [0.717, 1.165) is 25.2 Å². The molecule has 1 aromatic heterocycles. The van der Waals surface area contributed by atoms with Crippen LogP contribution in [0.5, 0.6) is 0 Å². The number of aryl methyl sites for hydroxylation is 1. The fraction of sp³-hybridized carbons (Fsp3) is 0.625. The predicted octanol–water partition coefficient (Wildman–Crippen LogP) is 0.344. The van der Waals surface area contributed by atoms with Gasteiger partial charge < -0.3 is 15.2 Å². The van der Waals surface area contributed by atoms with Crippen molar-refractivity contribution in [3.63, 3.8) is 0 Å². The average molecular weight is 305 g/mol. The van der Waals surface area contributed by atoms with Crippen LogP contribution in [0.15, 0.2) is 18.2 Å². The number of carbonyl (C=O) groups excluding carboxylic acids is 1. The van der Waals surface area contributed by atoms with Crippen molar-refractivity contribution in [1.82, 2.24) is 15.2 Å². The maximum absolute atomic E-state index is 12.3. The standard InChI is InChI=1S/C16H23N3O3/c1-11-3-2-4-15(17-11)16(21)18-12-7-13-10-22-14(5-6-20)9-19(13)8-12/h2-4,12-14,20H,5-10H2,1H3,(H,18,21)/t12-,13+,14+/m1/s1. The van der Waals surface area contributed by atoms with Crippen LogP contribution >= 0.6 is 0 Å². The number of aromatic nitrogens is 1. The fourth-order valence-corrected chi connectivity index (χ4v) is 3.29. The maximum atomic E-state index is 12.3. The summed E-state index contributed by atoms with van der Waals surface area (Å²) in [6.07, 6.45) is 1.69. The Hall–Kier alpha value is -1.50. The van der Waals surface area contributed by atoms with Gasteiger partial charge in [-0.05, 0) is 31.9 Å². The summed E-state index contributed by atoms with van der Waals surface area (Å²) in [7, 11) is 0. The highest BCUT2D eigenvalue weighted by Crippen LogP contribution is 2.24. The molecule has 22 heavy (non-hydrogen) atoms. The molecule has 0 aromatic carbocycles. The van der Waals surface area contributed by atoms with E-state index in [9.17, 15) is 4.79 Å². The largest absolute Gasteiger partial charge is 0.396 e. The van der Waals surface area contributed by atoms with Gasteiger partial charge in [0.15, 0.2) is 0 Å². The third kappa shape index (κ3) is 3.45. The molecule has 6 heteroatoms. The molecule has 1 aromatic rings. The van der Waals surface area contributed by atoms with Crippen molar-refractivity contribution in [3.05, 3.63) is 29.6 Å². The number of aliphatic hydroxyl groups is 1. The first-order valence-electron chi connectivity index (χ1n) is 7.86. The molecule has 2 fully saturated rings. The molecule has 1 amide bonds. The van der Waals surface area contributed by atoms with E-state index >= 15 is 0 Å². The number of amides is 1. The molecule has 120 valence electrons. The number of aliphatic hydroxyl groups excluding tert-OH is 1. The maximum Gasteiger partial charge on any atom is 0.270 e. The number of ether oxygens (including phenoxy) is 1. The zero-order valence-electron chi connectivity index (χ0n) is 12.9. The monoisotopic (exact) mass is 305 g/mol. The topological polar surface area (TPSA) is 74.7 Å². The summed E-state index contributed by atoms with van der Waals surface area (Å²) in [5, 5.41) is 12.1. The Balaban J connectivity index is 1.56. The Morgan fingerprint density at radius 1 is 1.50 bits per heavy atom. The molecule has 0 unspecified atom stereocenters. The van der Waals surface area contributed by atoms with Gasteiger partial charge in [0.25, 0.3) is 5.91 Å². The minimum Gasteiger partial charge on any atom is -0.396 e. The van der Waals surface area contributed by atoms with Gasteiger partial charge >= 0.3 is 0 Å². The van der Waals surface area contributed by atoms with Crippen molar-refractivity contribution < 1.29 is 14.6 Å². The Morgan fingerprint density at radius 3 is 3.14 bits per heavy atom. The van der Waals surface area contributed by atoms with Crippen molar-refractivity contribution in [2.24, 2.45) is 0 Å². The van der Waals surface area contributed by atoms with Gasteiger partial charge in [-0.25, -0.2) is 4.98 Å². The molecule has 0 aliphatic carbocycles. The highest BCUT2D eigenvalue weighted by Gasteiger charge is 2.37. The van der Waals surface area contributed by atoms with Crippen LogP contribution < -0.4 is 5.32 Å². The number of rotatable bonds is 4. The minimum absolute atomic E-state index is 0.106. The van der Waals surface area contributed by atoms with E-state index in [2.05, 4.69) is 15.2 Å². The van der Waals surface area contributed by atoms with E-state index < -0.39 is 0 Å². The number of morpholine rings is 1. The van der Waals surface area contributed by atoms with Crippen LogP contribution in [0.1, 0.15) is 29.0 Å². The molecule has 2 aliphatic heterocycles. The number of nitrogens with zero attached hydrogens (tertiary/aromatic N) is 2. The molecule has 2 saturated heterocycles. The number of pyridine rings is 1. The number of hydrogen-bond acceptors (Lipinski definition) is 5. The number of fused-ring (bicyclic) bond motifs is 1. The summed E-state index contributed by atoms with van der Waals surface area (Å²) < 4.78 is 5.76. The highest BCUT2D eigenvalue weighted by atomic mass is 16.5. The van der Waals surface area contributed by atoms with Crippen LogP contribution in [0, 0.1) is 6.92 Å². The Bertz CT molecular complexity index is 537. The van der Waals surface area contributed by atoms with E-state index in [-0.39, 0.29) is 24.7 Å². The molecular weight excluding hydrogens is 282 g/mol. The lowest BCUT2D eigenvalue weighted by Crippen LogP contribution is -2.46. The van der Waals surface area contributed by atoms with E-state index in [1.165, 1.54) is 0 Å². The second-order valence-electron chi connectivity index (χ2n) is 6.15. The van der Waals surface area contributed by atoms with E-state index in [1.54, 1.807) is 6.07 Å². The molecule has 0 bridgehead atoms. The van der Waals surface area contributed by atoms with Gasteiger partial charge in [-0.1, -0.05) is 6.07 Å². The van der Waals surface area contributed by atoms with Gasteiger partial charge in [-0.15, -0.1) is 0 Å². The smallest absolute Gasteiger partial charge is 0.270 e. The number of nitrogens with one attached hydrogen (secondary N) is 1. The van der Waals surface area contributed by atoms with Gasteiger partial charge in [0.1, 0.15) is 5.69 Å². The van der Waals surface area contributed by atoms with Crippen LogP contribution in [0.4, 0.5) is 0 Å².